The fourth-order valence-electron chi connectivity index (χ4n) is 1.26. The Morgan fingerprint density at radius 2 is 1.95 bits per heavy atom. The van der Waals surface area contributed by atoms with Crippen LogP contribution in [0.15, 0.2) is 36.6 Å². The number of nitrogens with one attached hydrogen (secondary N) is 2. The van der Waals surface area contributed by atoms with E-state index >= 15 is 0 Å². The van der Waals surface area contributed by atoms with Crippen molar-refractivity contribution in [2.24, 2.45) is 0 Å². The quantitative estimate of drug-likeness (QED) is 0.762. The SMILES string of the molecule is CC/C=C\C=C/C(C)Nc1nccc(NC)n1.CCC. The highest BCUT2D eigenvalue weighted by Crippen LogP contribution is 2.06. The maximum atomic E-state index is 4.29. The van der Waals surface area contributed by atoms with Crippen molar-refractivity contribution in [2.45, 2.75) is 46.6 Å². The zero-order valence-electron chi connectivity index (χ0n) is 13.4. The van der Waals surface area contributed by atoms with E-state index < -0.39 is 0 Å². The average molecular weight is 276 g/mol. The standard InChI is InChI=1S/C13H20N4.C3H8/c1-4-5-6-7-8-11(2)16-13-15-10-9-12(14-3)17-13;1-3-2/h5-11H,4H2,1-3H3,(H2,14,15,16,17);3H2,1-2H3/b6-5-,8-7-;. The van der Waals surface area contributed by atoms with Crippen LogP contribution in [0.5, 0.6) is 0 Å². The first kappa shape index (κ1) is 18.2. The molecule has 0 fully saturated rings. The Labute approximate surface area is 123 Å². The van der Waals surface area contributed by atoms with Crippen molar-refractivity contribution < 1.29 is 0 Å². The molecule has 0 saturated heterocycles. The molecule has 0 aliphatic carbocycles. The van der Waals surface area contributed by atoms with E-state index in [1.807, 2.05) is 25.3 Å². The van der Waals surface area contributed by atoms with Crippen LogP contribution in [0.2, 0.25) is 0 Å². The van der Waals surface area contributed by atoms with E-state index in [-0.39, 0.29) is 6.04 Å². The summed E-state index contributed by atoms with van der Waals surface area (Å²) >= 11 is 0. The Morgan fingerprint density at radius 1 is 1.25 bits per heavy atom. The van der Waals surface area contributed by atoms with Crippen molar-refractivity contribution in [1.82, 2.24) is 9.97 Å². The predicted molar refractivity (Wildman–Crippen MR) is 89.2 cm³/mol. The molecule has 1 aromatic heterocycles. The van der Waals surface area contributed by atoms with Gasteiger partial charge in [0.2, 0.25) is 5.95 Å². The zero-order chi connectivity index (χ0) is 15.2. The van der Waals surface area contributed by atoms with Crippen LogP contribution in [0.1, 0.15) is 40.5 Å². The van der Waals surface area contributed by atoms with Crippen LogP contribution in [0.4, 0.5) is 11.8 Å². The summed E-state index contributed by atoms with van der Waals surface area (Å²) < 4.78 is 0. The van der Waals surface area contributed by atoms with Gasteiger partial charge in [0.25, 0.3) is 0 Å². The summed E-state index contributed by atoms with van der Waals surface area (Å²) in [7, 11) is 1.84. The summed E-state index contributed by atoms with van der Waals surface area (Å²) in [5.74, 6) is 1.44. The summed E-state index contributed by atoms with van der Waals surface area (Å²) in [6.07, 6.45) is 12.3. The monoisotopic (exact) mass is 276 g/mol. The number of hydrogen-bond acceptors (Lipinski definition) is 4. The van der Waals surface area contributed by atoms with Gasteiger partial charge in [0, 0.05) is 19.3 Å². The van der Waals surface area contributed by atoms with Crippen LogP contribution >= 0.6 is 0 Å². The van der Waals surface area contributed by atoms with Crippen molar-refractivity contribution in [3.8, 4) is 0 Å². The number of anilines is 2. The lowest BCUT2D eigenvalue weighted by Crippen LogP contribution is -2.14. The Morgan fingerprint density at radius 3 is 2.55 bits per heavy atom. The van der Waals surface area contributed by atoms with E-state index in [1.165, 1.54) is 6.42 Å². The minimum absolute atomic E-state index is 0.198. The lowest BCUT2D eigenvalue weighted by atomic mass is 10.3. The van der Waals surface area contributed by atoms with Crippen LogP contribution in [-0.4, -0.2) is 23.1 Å². The Kier molecular flexibility index (Phi) is 11.1. The topological polar surface area (TPSA) is 49.8 Å². The molecule has 1 aromatic rings. The highest BCUT2D eigenvalue weighted by molar-refractivity contribution is 5.39. The molecule has 0 spiro atoms. The second kappa shape index (κ2) is 12.2. The van der Waals surface area contributed by atoms with E-state index in [1.54, 1.807) is 6.20 Å². The van der Waals surface area contributed by atoms with Crippen molar-refractivity contribution in [1.29, 1.82) is 0 Å². The number of aromatic nitrogens is 2. The molecule has 0 aromatic carbocycles. The smallest absolute Gasteiger partial charge is 0.225 e. The maximum absolute atomic E-state index is 4.29. The van der Waals surface area contributed by atoms with Crippen molar-refractivity contribution in [2.75, 3.05) is 17.7 Å². The number of allylic oxidation sites excluding steroid dienone is 3. The number of hydrogen-bond donors (Lipinski definition) is 2. The largest absolute Gasteiger partial charge is 0.373 e. The van der Waals surface area contributed by atoms with E-state index in [2.05, 4.69) is 60.4 Å². The third-order valence-electron chi connectivity index (χ3n) is 2.15. The van der Waals surface area contributed by atoms with Crippen LogP contribution in [0, 0.1) is 0 Å². The lowest BCUT2D eigenvalue weighted by molar-refractivity contribution is 0.955. The highest BCUT2D eigenvalue weighted by atomic mass is 15.1. The van der Waals surface area contributed by atoms with Gasteiger partial charge < -0.3 is 10.6 Å². The molecule has 4 heteroatoms. The van der Waals surface area contributed by atoms with Gasteiger partial charge in [0.05, 0.1) is 0 Å². The first-order chi connectivity index (χ1) is 9.67. The first-order valence-corrected chi connectivity index (χ1v) is 7.28. The van der Waals surface area contributed by atoms with Crippen LogP contribution < -0.4 is 10.6 Å². The average Bonchev–Trinajstić information content (AvgIpc) is 2.45. The molecule has 0 aliphatic rings. The van der Waals surface area contributed by atoms with Gasteiger partial charge in [-0.2, -0.15) is 4.98 Å². The lowest BCUT2D eigenvalue weighted by Gasteiger charge is -2.09. The van der Waals surface area contributed by atoms with Crippen molar-refractivity contribution in [3.05, 3.63) is 36.6 Å². The zero-order valence-corrected chi connectivity index (χ0v) is 13.4. The van der Waals surface area contributed by atoms with E-state index in [4.69, 9.17) is 0 Å². The van der Waals surface area contributed by atoms with E-state index in [9.17, 15) is 0 Å². The summed E-state index contributed by atoms with van der Waals surface area (Å²) in [5.41, 5.74) is 0. The number of rotatable bonds is 6. The summed E-state index contributed by atoms with van der Waals surface area (Å²) in [5, 5.41) is 6.19. The number of nitrogens with zero attached hydrogens (tertiary/aromatic N) is 2. The Bertz CT molecular complexity index is 399. The van der Waals surface area contributed by atoms with Gasteiger partial charge >= 0.3 is 0 Å². The predicted octanol–water partition coefficient (Wildman–Crippen LogP) is 4.26. The molecular formula is C16H28N4. The van der Waals surface area contributed by atoms with Gasteiger partial charge in [0.1, 0.15) is 5.82 Å². The minimum atomic E-state index is 0.198. The summed E-state index contributed by atoms with van der Waals surface area (Å²) in [4.78, 5) is 8.45. The van der Waals surface area contributed by atoms with E-state index in [0.29, 0.717) is 5.95 Å². The molecule has 2 N–H and O–H groups in total. The molecule has 0 aliphatic heterocycles. The molecular weight excluding hydrogens is 248 g/mol. The molecule has 0 radical (unpaired) electrons. The van der Waals surface area contributed by atoms with Gasteiger partial charge in [-0.3, -0.25) is 0 Å². The Hall–Kier alpha value is -1.84. The highest BCUT2D eigenvalue weighted by Gasteiger charge is 2.00. The molecule has 1 unspecified atom stereocenters. The van der Waals surface area contributed by atoms with Gasteiger partial charge in [-0.25, -0.2) is 4.98 Å². The molecule has 1 atom stereocenters. The van der Waals surface area contributed by atoms with Crippen LogP contribution in [-0.2, 0) is 0 Å². The van der Waals surface area contributed by atoms with E-state index in [0.717, 1.165) is 12.2 Å². The minimum Gasteiger partial charge on any atom is -0.373 e. The second-order valence-corrected chi connectivity index (χ2v) is 4.38. The van der Waals surface area contributed by atoms with Gasteiger partial charge in [0.15, 0.2) is 0 Å². The molecule has 0 amide bonds. The van der Waals surface area contributed by atoms with Gasteiger partial charge in [-0.05, 0) is 19.4 Å². The molecule has 0 bridgehead atoms. The third kappa shape index (κ3) is 9.14. The third-order valence-corrected chi connectivity index (χ3v) is 2.15. The normalized spacial score (nSPS) is 12.1. The molecule has 1 rings (SSSR count). The fourth-order valence-corrected chi connectivity index (χ4v) is 1.26. The van der Waals surface area contributed by atoms with Gasteiger partial charge in [-0.15, -0.1) is 0 Å². The second-order valence-electron chi connectivity index (χ2n) is 4.38. The van der Waals surface area contributed by atoms with Crippen LogP contribution in [0.3, 0.4) is 0 Å². The first-order valence-electron chi connectivity index (χ1n) is 7.28. The maximum Gasteiger partial charge on any atom is 0.225 e. The molecule has 112 valence electrons. The van der Waals surface area contributed by atoms with Crippen molar-refractivity contribution in [3.63, 3.8) is 0 Å². The molecule has 1 heterocycles. The van der Waals surface area contributed by atoms with Crippen molar-refractivity contribution >= 4 is 11.8 Å². The summed E-state index contributed by atoms with van der Waals surface area (Å²) in [6.45, 7) is 8.43. The van der Waals surface area contributed by atoms with Gasteiger partial charge in [-0.1, -0.05) is 51.5 Å². The molecule has 0 saturated carbocycles. The Balaban J connectivity index is 0.00000110. The van der Waals surface area contributed by atoms with Crippen LogP contribution in [0.25, 0.3) is 0 Å². The molecule has 4 nitrogen and oxygen atoms in total. The fraction of sp³-hybridized carbons (Fsp3) is 0.500. The summed E-state index contributed by atoms with van der Waals surface area (Å²) in [6, 6.07) is 2.03. The molecule has 20 heavy (non-hydrogen) atoms.